The van der Waals surface area contributed by atoms with E-state index in [0.717, 1.165) is 17.0 Å². The zero-order chi connectivity index (χ0) is 22.2. The molecule has 2 aromatic carbocycles. The Morgan fingerprint density at radius 1 is 1.19 bits per heavy atom. The van der Waals surface area contributed by atoms with Crippen molar-refractivity contribution < 1.29 is 19.1 Å². The van der Waals surface area contributed by atoms with E-state index in [0.29, 0.717) is 11.5 Å². The van der Waals surface area contributed by atoms with Crippen LogP contribution in [-0.4, -0.2) is 35.1 Å². The van der Waals surface area contributed by atoms with Gasteiger partial charge in [0, 0.05) is 25.5 Å². The highest BCUT2D eigenvalue weighted by Crippen LogP contribution is 2.28. The number of hydrogen-bond donors (Lipinski definition) is 2. The fourth-order valence-corrected chi connectivity index (χ4v) is 3.02. The van der Waals surface area contributed by atoms with Crippen molar-refractivity contribution in [2.45, 2.75) is 6.04 Å². The Bertz CT molecular complexity index is 1080. The molecule has 2 amide bonds. The Morgan fingerprint density at radius 2 is 1.97 bits per heavy atom. The van der Waals surface area contributed by atoms with E-state index in [1.165, 1.54) is 13.2 Å². The molecule has 1 aromatic heterocycles. The van der Waals surface area contributed by atoms with Gasteiger partial charge in [0.1, 0.15) is 11.9 Å². The average molecular weight is 420 g/mol. The number of nitrogens with one attached hydrogen (secondary N) is 1. The molecule has 0 aliphatic rings. The van der Waals surface area contributed by atoms with E-state index in [-0.39, 0.29) is 12.5 Å². The first-order valence-electron chi connectivity index (χ1n) is 9.58. The molecule has 0 bridgehead atoms. The molecule has 160 valence electrons. The monoisotopic (exact) mass is 420 g/mol. The smallest absolute Gasteiger partial charge is 0.255 e. The third-order valence-electron chi connectivity index (χ3n) is 4.52. The molecule has 1 heterocycles. The van der Waals surface area contributed by atoms with Crippen LogP contribution in [0.15, 0.2) is 67.0 Å². The number of primary amides is 1. The van der Waals surface area contributed by atoms with Gasteiger partial charge in [-0.05, 0) is 29.3 Å². The standard InChI is InChI=1S/C23H24N4O4/c1-27-13-12-25-23(27)22(17-6-4-3-5-7-17)26-21(29)11-9-16-8-10-18(19(14-16)30-2)31-15-20(24)28/h3-14,22H,15H2,1-2H3,(H2,24,28)(H,26,29)/b11-9+. The van der Waals surface area contributed by atoms with Gasteiger partial charge in [-0.2, -0.15) is 0 Å². The fraction of sp³-hybridized carbons (Fsp3) is 0.174. The van der Waals surface area contributed by atoms with Crippen molar-refractivity contribution in [3.8, 4) is 11.5 Å². The first kappa shape index (κ1) is 21.6. The van der Waals surface area contributed by atoms with Crippen molar-refractivity contribution in [1.29, 1.82) is 0 Å². The van der Waals surface area contributed by atoms with Crippen molar-refractivity contribution in [3.05, 3.63) is 84.0 Å². The summed E-state index contributed by atoms with van der Waals surface area (Å²) in [5, 5.41) is 3.00. The lowest BCUT2D eigenvalue weighted by Crippen LogP contribution is -2.29. The van der Waals surface area contributed by atoms with Crippen molar-refractivity contribution in [1.82, 2.24) is 14.9 Å². The van der Waals surface area contributed by atoms with E-state index in [1.807, 2.05) is 48.1 Å². The van der Waals surface area contributed by atoms with Crippen LogP contribution in [0.2, 0.25) is 0 Å². The molecule has 1 unspecified atom stereocenters. The molecule has 0 aliphatic heterocycles. The molecule has 8 nitrogen and oxygen atoms in total. The van der Waals surface area contributed by atoms with E-state index in [4.69, 9.17) is 15.2 Å². The number of aryl methyl sites for hydroxylation is 1. The molecule has 0 spiro atoms. The number of amides is 2. The van der Waals surface area contributed by atoms with Crippen LogP contribution in [0.3, 0.4) is 0 Å². The quantitative estimate of drug-likeness (QED) is 0.516. The molecule has 3 N–H and O–H groups in total. The number of carbonyl (C=O) groups excluding carboxylic acids is 2. The molecule has 1 atom stereocenters. The van der Waals surface area contributed by atoms with Crippen LogP contribution in [0.1, 0.15) is 23.0 Å². The summed E-state index contributed by atoms with van der Waals surface area (Å²) < 4.78 is 12.5. The number of benzene rings is 2. The Hall–Kier alpha value is -4.07. The van der Waals surface area contributed by atoms with Crippen LogP contribution in [-0.2, 0) is 16.6 Å². The van der Waals surface area contributed by atoms with Gasteiger partial charge in [-0.15, -0.1) is 0 Å². The van der Waals surface area contributed by atoms with Crippen LogP contribution < -0.4 is 20.5 Å². The molecule has 8 heteroatoms. The highest BCUT2D eigenvalue weighted by molar-refractivity contribution is 5.92. The first-order chi connectivity index (χ1) is 15.0. The predicted molar refractivity (Wildman–Crippen MR) is 116 cm³/mol. The molecule has 0 aliphatic carbocycles. The number of nitrogens with zero attached hydrogens (tertiary/aromatic N) is 2. The Labute approximate surface area is 180 Å². The molecular formula is C23H24N4O4. The van der Waals surface area contributed by atoms with E-state index < -0.39 is 11.9 Å². The first-order valence-corrected chi connectivity index (χ1v) is 9.58. The molecule has 3 aromatic rings. The maximum absolute atomic E-state index is 12.7. The van der Waals surface area contributed by atoms with Crippen molar-refractivity contribution in [2.75, 3.05) is 13.7 Å². The summed E-state index contributed by atoms with van der Waals surface area (Å²) in [6, 6.07) is 14.4. The van der Waals surface area contributed by atoms with Gasteiger partial charge >= 0.3 is 0 Å². The normalized spacial score (nSPS) is 11.8. The number of imidazole rings is 1. The van der Waals surface area contributed by atoms with Crippen molar-refractivity contribution in [3.63, 3.8) is 0 Å². The van der Waals surface area contributed by atoms with E-state index in [9.17, 15) is 9.59 Å². The Balaban J connectivity index is 1.75. The molecule has 0 fully saturated rings. The largest absolute Gasteiger partial charge is 0.493 e. The maximum atomic E-state index is 12.7. The summed E-state index contributed by atoms with van der Waals surface area (Å²) in [5.74, 6) is 0.694. The second-order valence-corrected chi connectivity index (χ2v) is 6.75. The summed E-state index contributed by atoms with van der Waals surface area (Å²) >= 11 is 0. The second-order valence-electron chi connectivity index (χ2n) is 6.75. The van der Waals surface area contributed by atoms with Crippen molar-refractivity contribution >= 4 is 17.9 Å². The molecule has 0 radical (unpaired) electrons. The highest BCUT2D eigenvalue weighted by atomic mass is 16.5. The Kier molecular flexibility index (Phi) is 7.05. The summed E-state index contributed by atoms with van der Waals surface area (Å²) in [5.41, 5.74) is 6.76. The Morgan fingerprint density at radius 3 is 2.61 bits per heavy atom. The van der Waals surface area contributed by atoms with E-state index >= 15 is 0 Å². The molecular weight excluding hydrogens is 396 g/mol. The minimum Gasteiger partial charge on any atom is -0.493 e. The van der Waals surface area contributed by atoms with Crippen LogP contribution in [0, 0.1) is 0 Å². The number of carbonyl (C=O) groups is 2. The lowest BCUT2D eigenvalue weighted by Gasteiger charge is -2.18. The zero-order valence-corrected chi connectivity index (χ0v) is 17.3. The van der Waals surface area contributed by atoms with Crippen LogP contribution in [0.4, 0.5) is 0 Å². The number of methoxy groups -OCH3 is 1. The third-order valence-corrected chi connectivity index (χ3v) is 4.52. The van der Waals surface area contributed by atoms with Gasteiger partial charge in [-0.25, -0.2) is 4.98 Å². The van der Waals surface area contributed by atoms with E-state index in [2.05, 4.69) is 10.3 Å². The van der Waals surface area contributed by atoms with Crippen LogP contribution in [0.5, 0.6) is 11.5 Å². The SMILES string of the molecule is COc1cc(/C=C/C(=O)NC(c2ccccc2)c2nccn2C)ccc1OCC(N)=O. The molecule has 0 saturated carbocycles. The average Bonchev–Trinajstić information content (AvgIpc) is 3.20. The van der Waals surface area contributed by atoms with Crippen LogP contribution >= 0.6 is 0 Å². The van der Waals surface area contributed by atoms with Crippen LogP contribution in [0.25, 0.3) is 6.08 Å². The lowest BCUT2D eigenvalue weighted by molar-refractivity contribution is -0.120. The van der Waals surface area contributed by atoms with Crippen molar-refractivity contribution in [2.24, 2.45) is 12.8 Å². The number of hydrogen-bond acceptors (Lipinski definition) is 5. The molecule has 31 heavy (non-hydrogen) atoms. The zero-order valence-electron chi connectivity index (χ0n) is 17.3. The number of ether oxygens (including phenoxy) is 2. The summed E-state index contributed by atoms with van der Waals surface area (Å²) in [4.78, 5) is 28.0. The molecule has 3 rings (SSSR count). The minimum atomic E-state index is -0.580. The maximum Gasteiger partial charge on any atom is 0.255 e. The summed E-state index contributed by atoms with van der Waals surface area (Å²) in [6.45, 7) is -0.248. The predicted octanol–water partition coefficient (Wildman–Crippen LogP) is 2.21. The summed E-state index contributed by atoms with van der Waals surface area (Å²) in [7, 11) is 3.37. The number of nitrogens with two attached hydrogens (primary N) is 1. The van der Waals surface area contributed by atoms with E-state index in [1.54, 1.807) is 30.5 Å². The fourth-order valence-electron chi connectivity index (χ4n) is 3.02. The second kappa shape index (κ2) is 10.1. The van der Waals surface area contributed by atoms with Gasteiger partial charge in [0.2, 0.25) is 5.91 Å². The number of aromatic nitrogens is 2. The third kappa shape index (κ3) is 5.72. The summed E-state index contributed by atoms with van der Waals surface area (Å²) in [6.07, 6.45) is 6.64. The van der Waals surface area contributed by atoms with Gasteiger partial charge in [0.05, 0.1) is 7.11 Å². The number of rotatable bonds is 9. The lowest BCUT2D eigenvalue weighted by atomic mass is 10.1. The van der Waals surface area contributed by atoms with Gasteiger partial charge in [0.25, 0.3) is 5.91 Å². The highest BCUT2D eigenvalue weighted by Gasteiger charge is 2.19. The van der Waals surface area contributed by atoms with Gasteiger partial charge in [-0.1, -0.05) is 36.4 Å². The van der Waals surface area contributed by atoms with Gasteiger partial charge in [-0.3, -0.25) is 9.59 Å². The minimum absolute atomic E-state index is 0.248. The topological polar surface area (TPSA) is 108 Å². The van der Waals surface area contributed by atoms with Gasteiger partial charge in [0.15, 0.2) is 18.1 Å². The van der Waals surface area contributed by atoms with Gasteiger partial charge < -0.3 is 25.1 Å². The molecule has 0 saturated heterocycles.